The molecule has 1 unspecified atom stereocenters. The van der Waals surface area contributed by atoms with Crippen molar-refractivity contribution in [3.8, 4) is 16.9 Å². The Balaban J connectivity index is 1.74. The van der Waals surface area contributed by atoms with Crippen molar-refractivity contribution in [3.05, 3.63) is 51.4 Å². The van der Waals surface area contributed by atoms with Gasteiger partial charge in [0.15, 0.2) is 0 Å². The Morgan fingerprint density at radius 3 is 2.70 bits per heavy atom. The largest absolute Gasteiger partial charge is 0.491 e. The maximum atomic E-state index is 13.6. The van der Waals surface area contributed by atoms with E-state index in [1.807, 2.05) is 6.92 Å². The Bertz CT molecular complexity index is 1130. The first-order valence-corrected chi connectivity index (χ1v) is 11.0. The summed E-state index contributed by atoms with van der Waals surface area (Å²) in [6.45, 7) is 1.40. The number of aromatic nitrogens is 1. The third kappa shape index (κ3) is 5.19. The quantitative estimate of drug-likeness (QED) is 0.632. The van der Waals surface area contributed by atoms with Crippen LogP contribution in [-0.4, -0.2) is 40.6 Å². The molecule has 1 N–H and O–H groups in total. The number of carboxylic acids is 1. The van der Waals surface area contributed by atoms with Crippen LogP contribution in [0.15, 0.2) is 35.3 Å². The van der Waals surface area contributed by atoms with Gasteiger partial charge in [0.25, 0.3) is 5.56 Å². The van der Waals surface area contributed by atoms with Crippen molar-refractivity contribution in [2.75, 3.05) is 13.2 Å². The summed E-state index contributed by atoms with van der Waals surface area (Å²) in [6, 6.07) is 4.43. The van der Waals surface area contributed by atoms with E-state index >= 15 is 0 Å². The molecule has 33 heavy (non-hydrogen) atoms. The van der Waals surface area contributed by atoms with E-state index in [1.165, 1.54) is 30.5 Å². The number of benzene rings is 1. The highest BCUT2D eigenvalue weighted by atomic mass is 35.5. The standard InChI is InChI=1S/C23H23ClF3NO5/c1-22(5-6-22)33-7-4-18(21(30)31)28-11-19-17(10-20(28)29)16-9-15(24)3-2-13(16)8-14(12-32-19)23(25,26)27/h2-3,9-11,14,18H,4-8,12H2,1H3,(H,30,31)/t14-,18?/m1/s1. The van der Waals surface area contributed by atoms with Crippen molar-refractivity contribution in [2.45, 2.75) is 50.4 Å². The average Bonchev–Trinajstić information content (AvgIpc) is 3.45. The minimum absolute atomic E-state index is 0.00612. The molecule has 1 aliphatic carbocycles. The van der Waals surface area contributed by atoms with Crippen LogP contribution >= 0.6 is 11.6 Å². The van der Waals surface area contributed by atoms with Crippen LogP contribution in [0.4, 0.5) is 13.2 Å². The SMILES string of the molecule is CC1(OCCC(C(=O)O)n2cc3c(cc2=O)-c2cc(Cl)ccc2C[C@@H](C(F)(F)F)CO3)CC1. The molecule has 2 atom stereocenters. The zero-order valence-electron chi connectivity index (χ0n) is 17.8. The topological polar surface area (TPSA) is 77.8 Å². The van der Waals surface area contributed by atoms with E-state index < -0.39 is 36.3 Å². The Hall–Kier alpha value is -2.52. The van der Waals surface area contributed by atoms with Crippen molar-refractivity contribution in [1.82, 2.24) is 4.57 Å². The molecule has 6 nitrogen and oxygen atoms in total. The molecule has 4 rings (SSSR count). The van der Waals surface area contributed by atoms with Crippen LogP contribution in [0.5, 0.6) is 5.75 Å². The molecule has 1 aromatic heterocycles. The van der Waals surface area contributed by atoms with Gasteiger partial charge in [-0.25, -0.2) is 4.79 Å². The fourth-order valence-corrected chi connectivity index (χ4v) is 4.09. The molecule has 1 saturated carbocycles. The normalized spacial score (nSPS) is 20.0. The number of alkyl halides is 3. The maximum absolute atomic E-state index is 13.6. The Kier molecular flexibility index (Phi) is 6.22. The second-order valence-electron chi connectivity index (χ2n) is 8.79. The molecular formula is C23H23ClF3NO5. The van der Waals surface area contributed by atoms with Crippen LogP contribution < -0.4 is 10.3 Å². The Morgan fingerprint density at radius 2 is 2.06 bits per heavy atom. The van der Waals surface area contributed by atoms with E-state index in [2.05, 4.69) is 0 Å². The summed E-state index contributed by atoms with van der Waals surface area (Å²) in [5.41, 5.74) is 0.150. The van der Waals surface area contributed by atoms with Gasteiger partial charge in [0.05, 0.1) is 17.7 Å². The highest BCUT2D eigenvalue weighted by Gasteiger charge is 2.42. The lowest BCUT2D eigenvalue weighted by molar-refractivity contribution is -0.181. The van der Waals surface area contributed by atoms with E-state index in [0.717, 1.165) is 17.4 Å². The molecule has 0 radical (unpaired) electrons. The van der Waals surface area contributed by atoms with Crippen molar-refractivity contribution in [2.24, 2.45) is 5.92 Å². The fraction of sp³-hybridized carbons (Fsp3) is 0.478. The van der Waals surface area contributed by atoms with E-state index in [4.69, 9.17) is 21.1 Å². The first-order valence-electron chi connectivity index (χ1n) is 10.6. The third-order valence-corrected chi connectivity index (χ3v) is 6.43. The van der Waals surface area contributed by atoms with Gasteiger partial charge in [-0.05, 0) is 49.4 Å². The molecule has 0 saturated heterocycles. The molecule has 1 aliphatic heterocycles. The number of pyridine rings is 1. The monoisotopic (exact) mass is 485 g/mol. The molecule has 2 aromatic rings. The van der Waals surface area contributed by atoms with Crippen LogP contribution in [-0.2, 0) is 16.0 Å². The Morgan fingerprint density at radius 1 is 1.33 bits per heavy atom. The van der Waals surface area contributed by atoms with Gasteiger partial charge in [-0.3, -0.25) is 9.36 Å². The number of nitrogens with zero attached hydrogens (tertiary/aromatic N) is 1. The number of hydrogen-bond donors (Lipinski definition) is 1. The van der Waals surface area contributed by atoms with Gasteiger partial charge in [-0.1, -0.05) is 17.7 Å². The molecule has 178 valence electrons. The van der Waals surface area contributed by atoms with Gasteiger partial charge in [-0.2, -0.15) is 13.2 Å². The summed E-state index contributed by atoms with van der Waals surface area (Å²) < 4.78 is 52.9. The minimum Gasteiger partial charge on any atom is -0.491 e. The number of halogens is 4. The summed E-state index contributed by atoms with van der Waals surface area (Å²) in [5, 5.41) is 10.0. The molecule has 2 heterocycles. The van der Waals surface area contributed by atoms with E-state index in [-0.39, 0.29) is 36.4 Å². The van der Waals surface area contributed by atoms with Crippen LogP contribution in [0.2, 0.25) is 5.02 Å². The number of carboxylic acid groups (broad SMARTS) is 1. The highest BCUT2D eigenvalue weighted by molar-refractivity contribution is 6.30. The zero-order chi connectivity index (χ0) is 24.0. The van der Waals surface area contributed by atoms with Crippen LogP contribution in [0.3, 0.4) is 0 Å². The zero-order valence-corrected chi connectivity index (χ0v) is 18.6. The van der Waals surface area contributed by atoms with Crippen LogP contribution in [0.1, 0.15) is 37.8 Å². The summed E-state index contributed by atoms with van der Waals surface area (Å²) >= 11 is 6.09. The smallest absolute Gasteiger partial charge is 0.395 e. The predicted octanol–water partition coefficient (Wildman–Crippen LogP) is 4.87. The molecule has 0 bridgehead atoms. The van der Waals surface area contributed by atoms with Gasteiger partial charge in [0.2, 0.25) is 0 Å². The summed E-state index contributed by atoms with van der Waals surface area (Å²) in [5.74, 6) is -3.02. The number of rotatable bonds is 6. The van der Waals surface area contributed by atoms with Gasteiger partial charge >= 0.3 is 12.1 Å². The number of aliphatic carboxylic acids is 1. The van der Waals surface area contributed by atoms with Crippen LogP contribution in [0, 0.1) is 5.92 Å². The highest BCUT2D eigenvalue weighted by Crippen LogP contribution is 2.41. The lowest BCUT2D eigenvalue weighted by Crippen LogP contribution is -2.33. The second kappa shape index (κ2) is 8.68. The fourth-order valence-electron chi connectivity index (χ4n) is 3.92. The molecule has 0 amide bonds. The number of carbonyl (C=O) groups is 1. The molecule has 2 aliphatic rings. The molecular weight excluding hydrogens is 463 g/mol. The summed E-state index contributed by atoms with van der Waals surface area (Å²) in [7, 11) is 0. The number of ether oxygens (including phenoxy) is 2. The third-order valence-electron chi connectivity index (χ3n) is 6.19. The molecule has 1 fully saturated rings. The van der Waals surface area contributed by atoms with Gasteiger partial charge in [0, 0.05) is 29.7 Å². The maximum Gasteiger partial charge on any atom is 0.395 e. The minimum atomic E-state index is -4.50. The van der Waals surface area contributed by atoms with Gasteiger partial charge in [-0.15, -0.1) is 0 Å². The lowest BCUT2D eigenvalue weighted by Gasteiger charge is -2.27. The van der Waals surface area contributed by atoms with E-state index in [0.29, 0.717) is 16.1 Å². The van der Waals surface area contributed by atoms with Gasteiger partial charge < -0.3 is 14.6 Å². The van der Waals surface area contributed by atoms with Crippen molar-refractivity contribution in [1.29, 1.82) is 0 Å². The first-order chi connectivity index (χ1) is 15.5. The molecule has 1 aromatic carbocycles. The van der Waals surface area contributed by atoms with E-state index in [9.17, 15) is 27.9 Å². The van der Waals surface area contributed by atoms with Crippen molar-refractivity contribution >= 4 is 17.6 Å². The summed E-state index contributed by atoms with van der Waals surface area (Å²) in [6.07, 6.45) is -1.84. The van der Waals surface area contributed by atoms with Crippen LogP contribution in [0.25, 0.3) is 11.1 Å². The molecule has 10 heteroatoms. The molecule has 0 spiro atoms. The van der Waals surface area contributed by atoms with Crippen molar-refractivity contribution < 1.29 is 32.5 Å². The Labute approximate surface area is 192 Å². The average molecular weight is 486 g/mol. The summed E-state index contributed by atoms with van der Waals surface area (Å²) in [4.78, 5) is 24.8. The number of hydrogen-bond acceptors (Lipinski definition) is 4. The second-order valence-corrected chi connectivity index (χ2v) is 9.23. The van der Waals surface area contributed by atoms with Crippen molar-refractivity contribution in [3.63, 3.8) is 0 Å². The van der Waals surface area contributed by atoms with E-state index in [1.54, 1.807) is 0 Å². The van der Waals surface area contributed by atoms with Gasteiger partial charge in [0.1, 0.15) is 18.4 Å². The predicted molar refractivity (Wildman–Crippen MR) is 115 cm³/mol. The number of fused-ring (bicyclic) bond motifs is 3. The lowest BCUT2D eigenvalue weighted by atomic mass is 9.91. The first kappa shape index (κ1) is 23.6.